The molecule has 0 saturated carbocycles. The average Bonchev–Trinajstić information content (AvgIpc) is 3.00. The Labute approximate surface area is 126 Å². The number of amides is 1. The van der Waals surface area contributed by atoms with Gasteiger partial charge in [-0.05, 0) is 17.0 Å². The van der Waals surface area contributed by atoms with Crippen LogP contribution in [0.1, 0.15) is 28.9 Å². The number of carbonyl (C=O) groups excluding carboxylic acids is 1. The van der Waals surface area contributed by atoms with E-state index in [2.05, 4.69) is 5.32 Å². The molecular formula is C15H16N2O3S. The van der Waals surface area contributed by atoms with Gasteiger partial charge in [0.2, 0.25) is 5.91 Å². The Balaban J connectivity index is 2.11. The third kappa shape index (κ3) is 4.14. The van der Waals surface area contributed by atoms with Crippen LogP contribution in [0, 0.1) is 0 Å². The molecule has 0 spiro atoms. The summed E-state index contributed by atoms with van der Waals surface area (Å²) in [4.78, 5) is 23.9. The summed E-state index contributed by atoms with van der Waals surface area (Å²) in [7, 11) is 0. The minimum absolute atomic E-state index is 0.188. The average molecular weight is 304 g/mol. The molecule has 1 aromatic heterocycles. The van der Waals surface area contributed by atoms with Crippen LogP contribution >= 0.6 is 11.3 Å². The second kappa shape index (κ2) is 7.01. The molecule has 0 aliphatic rings. The molecule has 0 bridgehead atoms. The van der Waals surface area contributed by atoms with Gasteiger partial charge in [0.1, 0.15) is 6.04 Å². The second-order valence-corrected chi connectivity index (χ2v) is 5.54. The molecule has 0 saturated heterocycles. The third-order valence-corrected chi connectivity index (χ3v) is 3.98. The maximum atomic E-state index is 12.2. The first kappa shape index (κ1) is 15.2. The summed E-state index contributed by atoms with van der Waals surface area (Å²) in [5.41, 5.74) is 6.63. The normalized spacial score (nSPS) is 13.4. The molecule has 0 fully saturated rings. The molecule has 5 nitrogen and oxygen atoms in total. The van der Waals surface area contributed by atoms with Gasteiger partial charge in [-0.15, -0.1) is 11.3 Å². The van der Waals surface area contributed by atoms with Gasteiger partial charge >= 0.3 is 5.97 Å². The fourth-order valence-electron chi connectivity index (χ4n) is 1.97. The maximum Gasteiger partial charge on any atom is 0.305 e. The molecule has 1 amide bonds. The van der Waals surface area contributed by atoms with Gasteiger partial charge in [-0.25, -0.2) is 0 Å². The van der Waals surface area contributed by atoms with Crippen LogP contribution in [-0.2, 0) is 9.59 Å². The summed E-state index contributed by atoms with van der Waals surface area (Å²) in [6.45, 7) is 0. The molecule has 1 aromatic carbocycles. The van der Waals surface area contributed by atoms with E-state index >= 15 is 0 Å². The molecule has 0 aliphatic heterocycles. The van der Waals surface area contributed by atoms with Crippen molar-refractivity contribution in [3.8, 4) is 0 Å². The number of thiophene rings is 1. The molecule has 2 rings (SSSR count). The van der Waals surface area contributed by atoms with Crippen molar-refractivity contribution in [3.63, 3.8) is 0 Å². The highest BCUT2D eigenvalue weighted by Gasteiger charge is 2.22. The molecule has 21 heavy (non-hydrogen) atoms. The van der Waals surface area contributed by atoms with E-state index in [-0.39, 0.29) is 12.3 Å². The molecule has 2 aromatic rings. The zero-order valence-electron chi connectivity index (χ0n) is 11.2. The van der Waals surface area contributed by atoms with Gasteiger partial charge in [0.15, 0.2) is 0 Å². The fourth-order valence-corrected chi connectivity index (χ4v) is 2.70. The van der Waals surface area contributed by atoms with Crippen molar-refractivity contribution < 1.29 is 14.7 Å². The van der Waals surface area contributed by atoms with Crippen molar-refractivity contribution in [2.24, 2.45) is 5.73 Å². The van der Waals surface area contributed by atoms with E-state index in [4.69, 9.17) is 10.8 Å². The summed E-state index contributed by atoms with van der Waals surface area (Å²) < 4.78 is 0. The highest BCUT2D eigenvalue weighted by molar-refractivity contribution is 7.10. The number of rotatable bonds is 6. The van der Waals surface area contributed by atoms with Gasteiger partial charge in [0.05, 0.1) is 12.5 Å². The number of benzene rings is 1. The molecular weight excluding hydrogens is 288 g/mol. The van der Waals surface area contributed by atoms with E-state index < -0.39 is 18.1 Å². The Hall–Kier alpha value is -2.18. The molecule has 2 atom stereocenters. The van der Waals surface area contributed by atoms with Crippen LogP contribution in [0.4, 0.5) is 0 Å². The Morgan fingerprint density at radius 1 is 1.19 bits per heavy atom. The first-order valence-electron chi connectivity index (χ1n) is 6.44. The van der Waals surface area contributed by atoms with Crippen LogP contribution in [0.2, 0.25) is 0 Å². The molecule has 110 valence electrons. The van der Waals surface area contributed by atoms with E-state index in [1.165, 1.54) is 11.3 Å². The maximum absolute atomic E-state index is 12.2. The predicted molar refractivity (Wildman–Crippen MR) is 80.8 cm³/mol. The first-order chi connectivity index (χ1) is 10.1. The quantitative estimate of drug-likeness (QED) is 0.762. The lowest BCUT2D eigenvalue weighted by molar-refractivity contribution is -0.137. The van der Waals surface area contributed by atoms with Crippen molar-refractivity contribution in [1.82, 2.24) is 5.32 Å². The Morgan fingerprint density at radius 2 is 1.90 bits per heavy atom. The van der Waals surface area contributed by atoms with Gasteiger partial charge in [0.25, 0.3) is 0 Å². The number of carbonyl (C=O) groups is 2. The Morgan fingerprint density at radius 3 is 2.48 bits per heavy atom. The highest BCUT2D eigenvalue weighted by Crippen LogP contribution is 2.20. The van der Waals surface area contributed by atoms with Crippen LogP contribution in [0.3, 0.4) is 0 Å². The monoisotopic (exact) mass is 304 g/mol. The van der Waals surface area contributed by atoms with Crippen molar-refractivity contribution in [2.45, 2.75) is 18.5 Å². The van der Waals surface area contributed by atoms with Gasteiger partial charge in [-0.2, -0.15) is 0 Å². The second-order valence-electron chi connectivity index (χ2n) is 4.56. The van der Waals surface area contributed by atoms with Crippen LogP contribution in [0.25, 0.3) is 0 Å². The van der Waals surface area contributed by atoms with Gasteiger partial charge in [0, 0.05) is 4.88 Å². The lowest BCUT2D eigenvalue weighted by Gasteiger charge is -2.19. The minimum Gasteiger partial charge on any atom is -0.481 e. The molecule has 0 radical (unpaired) electrons. The molecule has 1 heterocycles. The van der Waals surface area contributed by atoms with Crippen LogP contribution < -0.4 is 11.1 Å². The van der Waals surface area contributed by atoms with Crippen molar-refractivity contribution in [3.05, 3.63) is 58.3 Å². The summed E-state index contributed by atoms with van der Waals surface area (Å²) in [6.07, 6.45) is -0.188. The van der Waals surface area contributed by atoms with E-state index in [0.717, 1.165) is 10.4 Å². The number of carboxylic acids is 1. The zero-order chi connectivity index (χ0) is 15.2. The molecule has 0 aliphatic carbocycles. The SMILES string of the molecule is NC(C(=O)NC(CC(=O)O)c1ccccc1)c1cccs1. The lowest BCUT2D eigenvalue weighted by Crippen LogP contribution is -2.37. The topological polar surface area (TPSA) is 92.4 Å². The number of hydrogen-bond acceptors (Lipinski definition) is 4. The number of nitrogens with two attached hydrogens (primary N) is 1. The smallest absolute Gasteiger partial charge is 0.305 e. The van der Waals surface area contributed by atoms with Crippen molar-refractivity contribution in [1.29, 1.82) is 0 Å². The number of nitrogens with one attached hydrogen (secondary N) is 1. The number of carboxylic acid groups (broad SMARTS) is 1. The number of aliphatic carboxylic acids is 1. The van der Waals surface area contributed by atoms with Gasteiger partial charge in [-0.3, -0.25) is 9.59 Å². The van der Waals surface area contributed by atoms with Crippen molar-refractivity contribution in [2.75, 3.05) is 0 Å². The van der Waals surface area contributed by atoms with E-state index in [1.807, 2.05) is 17.5 Å². The molecule has 6 heteroatoms. The van der Waals surface area contributed by atoms with E-state index in [1.54, 1.807) is 30.3 Å². The minimum atomic E-state index is -0.978. The van der Waals surface area contributed by atoms with Crippen LogP contribution in [0.15, 0.2) is 47.8 Å². The first-order valence-corrected chi connectivity index (χ1v) is 7.32. The lowest BCUT2D eigenvalue weighted by atomic mass is 10.0. The Bertz CT molecular complexity index is 599. The van der Waals surface area contributed by atoms with Crippen LogP contribution in [-0.4, -0.2) is 17.0 Å². The van der Waals surface area contributed by atoms with Gasteiger partial charge < -0.3 is 16.2 Å². The van der Waals surface area contributed by atoms with E-state index in [0.29, 0.717) is 0 Å². The zero-order valence-corrected chi connectivity index (χ0v) is 12.0. The summed E-state index contributed by atoms with van der Waals surface area (Å²) in [6, 6.07) is 11.2. The molecule has 4 N–H and O–H groups in total. The predicted octanol–water partition coefficient (Wildman–Crippen LogP) is 2.08. The number of hydrogen-bond donors (Lipinski definition) is 3. The molecule has 2 unspecified atom stereocenters. The standard InChI is InChI=1S/C15H16N2O3S/c16-14(12-7-4-8-21-12)15(20)17-11(9-13(18)19)10-5-2-1-3-6-10/h1-8,11,14H,9,16H2,(H,17,20)(H,18,19). The highest BCUT2D eigenvalue weighted by atomic mass is 32.1. The summed E-state index contributed by atoms with van der Waals surface area (Å²) in [5, 5.41) is 13.6. The summed E-state index contributed by atoms with van der Waals surface area (Å²) in [5.74, 6) is -1.36. The van der Waals surface area contributed by atoms with E-state index in [9.17, 15) is 9.59 Å². The van der Waals surface area contributed by atoms with Gasteiger partial charge in [-0.1, -0.05) is 36.4 Å². The third-order valence-electron chi connectivity index (χ3n) is 3.03. The van der Waals surface area contributed by atoms with Crippen LogP contribution in [0.5, 0.6) is 0 Å². The Kier molecular flexibility index (Phi) is 5.08. The van der Waals surface area contributed by atoms with Crippen molar-refractivity contribution >= 4 is 23.2 Å². The summed E-state index contributed by atoms with van der Waals surface area (Å²) >= 11 is 1.39. The fraction of sp³-hybridized carbons (Fsp3) is 0.200. The largest absolute Gasteiger partial charge is 0.481 e.